The SMILES string of the molecule is COc1cccc(-c2cc(NC(=O)OCc3ccccc3)n(CCO)n2)c1. The molecule has 0 saturated heterocycles. The van der Waals surface area contributed by atoms with Crippen LogP contribution in [0.25, 0.3) is 11.3 Å². The van der Waals surface area contributed by atoms with Gasteiger partial charge in [0.1, 0.15) is 18.2 Å². The highest BCUT2D eigenvalue weighted by molar-refractivity contribution is 5.84. The summed E-state index contributed by atoms with van der Waals surface area (Å²) in [4.78, 5) is 12.1. The lowest BCUT2D eigenvalue weighted by Crippen LogP contribution is -2.17. The number of rotatable bonds is 7. The number of carbonyl (C=O) groups is 1. The lowest BCUT2D eigenvalue weighted by Gasteiger charge is -2.08. The molecule has 3 aromatic rings. The molecule has 27 heavy (non-hydrogen) atoms. The molecule has 2 N–H and O–H groups in total. The Morgan fingerprint density at radius 1 is 1.15 bits per heavy atom. The van der Waals surface area contributed by atoms with Crippen LogP contribution in [0, 0.1) is 0 Å². The van der Waals surface area contributed by atoms with Crippen LogP contribution in [0.3, 0.4) is 0 Å². The van der Waals surface area contributed by atoms with Crippen molar-refractivity contribution < 1.29 is 19.4 Å². The fourth-order valence-corrected chi connectivity index (χ4v) is 2.57. The predicted molar refractivity (Wildman–Crippen MR) is 102 cm³/mol. The third-order valence-corrected chi connectivity index (χ3v) is 3.90. The zero-order chi connectivity index (χ0) is 19.1. The minimum Gasteiger partial charge on any atom is -0.497 e. The van der Waals surface area contributed by atoms with Crippen molar-refractivity contribution in [2.75, 3.05) is 19.0 Å². The Morgan fingerprint density at radius 2 is 1.96 bits per heavy atom. The van der Waals surface area contributed by atoms with E-state index in [1.165, 1.54) is 4.68 Å². The Morgan fingerprint density at radius 3 is 2.70 bits per heavy atom. The van der Waals surface area contributed by atoms with Crippen molar-refractivity contribution in [3.8, 4) is 17.0 Å². The Labute approximate surface area is 157 Å². The van der Waals surface area contributed by atoms with Crippen LogP contribution in [-0.2, 0) is 17.9 Å². The molecule has 1 aromatic heterocycles. The molecule has 0 saturated carbocycles. The summed E-state index contributed by atoms with van der Waals surface area (Å²) < 4.78 is 12.0. The number of aliphatic hydroxyl groups excluding tert-OH is 1. The van der Waals surface area contributed by atoms with Gasteiger partial charge in [-0.3, -0.25) is 5.32 Å². The van der Waals surface area contributed by atoms with Crippen LogP contribution in [0.4, 0.5) is 10.6 Å². The lowest BCUT2D eigenvalue weighted by atomic mass is 10.1. The van der Waals surface area contributed by atoms with E-state index in [-0.39, 0.29) is 19.8 Å². The van der Waals surface area contributed by atoms with E-state index in [2.05, 4.69) is 10.4 Å². The molecule has 1 heterocycles. The number of hydrogen-bond donors (Lipinski definition) is 2. The second kappa shape index (κ2) is 8.86. The third kappa shape index (κ3) is 4.86. The van der Waals surface area contributed by atoms with Gasteiger partial charge in [0.05, 0.1) is 26.0 Å². The van der Waals surface area contributed by atoms with E-state index in [0.717, 1.165) is 11.1 Å². The molecule has 7 heteroatoms. The summed E-state index contributed by atoms with van der Waals surface area (Å²) in [5.41, 5.74) is 2.39. The molecule has 1 amide bonds. The zero-order valence-corrected chi connectivity index (χ0v) is 15.0. The van der Waals surface area contributed by atoms with Gasteiger partial charge >= 0.3 is 6.09 Å². The first-order valence-corrected chi connectivity index (χ1v) is 8.50. The molecule has 0 fully saturated rings. The van der Waals surface area contributed by atoms with Crippen molar-refractivity contribution in [2.24, 2.45) is 0 Å². The minimum atomic E-state index is -0.588. The largest absolute Gasteiger partial charge is 0.497 e. The van der Waals surface area contributed by atoms with Crippen molar-refractivity contribution in [3.63, 3.8) is 0 Å². The van der Waals surface area contributed by atoms with E-state index in [1.54, 1.807) is 13.2 Å². The van der Waals surface area contributed by atoms with Gasteiger partial charge in [-0.1, -0.05) is 42.5 Å². The molecule has 2 aromatic carbocycles. The number of ether oxygens (including phenoxy) is 2. The Bertz CT molecular complexity index is 893. The van der Waals surface area contributed by atoms with Gasteiger partial charge in [-0.05, 0) is 17.7 Å². The summed E-state index contributed by atoms with van der Waals surface area (Å²) in [5, 5.41) is 16.4. The Balaban J connectivity index is 1.73. The van der Waals surface area contributed by atoms with Crippen molar-refractivity contribution in [1.82, 2.24) is 9.78 Å². The summed E-state index contributed by atoms with van der Waals surface area (Å²) in [6.07, 6.45) is -0.588. The Hall–Kier alpha value is -3.32. The quantitative estimate of drug-likeness (QED) is 0.669. The summed E-state index contributed by atoms with van der Waals surface area (Å²) in [6.45, 7) is 0.314. The van der Waals surface area contributed by atoms with Crippen molar-refractivity contribution >= 4 is 11.9 Å². The molecular formula is C20H21N3O4. The van der Waals surface area contributed by atoms with Crippen molar-refractivity contribution in [1.29, 1.82) is 0 Å². The van der Waals surface area contributed by atoms with Gasteiger partial charge in [-0.2, -0.15) is 5.10 Å². The molecular weight excluding hydrogens is 346 g/mol. The topological polar surface area (TPSA) is 85.6 Å². The van der Waals surface area contributed by atoms with Gasteiger partial charge in [-0.25, -0.2) is 9.48 Å². The molecule has 0 aliphatic carbocycles. The van der Waals surface area contributed by atoms with E-state index in [0.29, 0.717) is 17.3 Å². The first kappa shape index (κ1) is 18.5. The normalized spacial score (nSPS) is 10.4. The second-order valence-electron chi connectivity index (χ2n) is 5.78. The molecule has 0 aliphatic heterocycles. The van der Waals surface area contributed by atoms with Gasteiger partial charge < -0.3 is 14.6 Å². The summed E-state index contributed by atoms with van der Waals surface area (Å²) in [5.74, 6) is 1.15. The molecule has 0 spiro atoms. The number of aromatic nitrogens is 2. The highest BCUT2D eigenvalue weighted by atomic mass is 16.5. The fraction of sp³-hybridized carbons (Fsp3) is 0.200. The molecule has 140 valence electrons. The average molecular weight is 367 g/mol. The van der Waals surface area contributed by atoms with Crippen LogP contribution in [0.2, 0.25) is 0 Å². The summed E-state index contributed by atoms with van der Waals surface area (Å²) >= 11 is 0. The smallest absolute Gasteiger partial charge is 0.413 e. The molecule has 0 radical (unpaired) electrons. The maximum Gasteiger partial charge on any atom is 0.413 e. The molecule has 0 aliphatic rings. The van der Waals surface area contributed by atoms with E-state index < -0.39 is 6.09 Å². The number of aliphatic hydroxyl groups is 1. The van der Waals surface area contributed by atoms with E-state index >= 15 is 0 Å². The number of anilines is 1. The molecule has 3 rings (SSSR count). The van der Waals surface area contributed by atoms with E-state index in [9.17, 15) is 9.90 Å². The average Bonchev–Trinajstić information content (AvgIpc) is 3.10. The molecule has 0 unspecified atom stereocenters. The van der Waals surface area contributed by atoms with Gasteiger partial charge in [0.2, 0.25) is 0 Å². The maximum atomic E-state index is 12.1. The highest BCUT2D eigenvalue weighted by Crippen LogP contribution is 2.25. The number of nitrogens with zero attached hydrogens (tertiary/aromatic N) is 2. The van der Waals surface area contributed by atoms with Crippen LogP contribution >= 0.6 is 0 Å². The number of carbonyl (C=O) groups excluding carboxylic acids is 1. The van der Waals surface area contributed by atoms with Crippen LogP contribution < -0.4 is 10.1 Å². The lowest BCUT2D eigenvalue weighted by molar-refractivity contribution is 0.154. The molecule has 0 bridgehead atoms. The third-order valence-electron chi connectivity index (χ3n) is 3.90. The van der Waals surface area contributed by atoms with Crippen molar-refractivity contribution in [2.45, 2.75) is 13.2 Å². The van der Waals surface area contributed by atoms with Gasteiger partial charge in [0.15, 0.2) is 0 Å². The molecule has 0 atom stereocenters. The van der Waals surface area contributed by atoms with E-state index in [4.69, 9.17) is 9.47 Å². The second-order valence-corrected chi connectivity index (χ2v) is 5.78. The maximum absolute atomic E-state index is 12.1. The number of hydrogen-bond acceptors (Lipinski definition) is 5. The van der Waals surface area contributed by atoms with Crippen LogP contribution in [0.1, 0.15) is 5.56 Å². The van der Waals surface area contributed by atoms with Gasteiger partial charge in [-0.15, -0.1) is 0 Å². The minimum absolute atomic E-state index is 0.104. The van der Waals surface area contributed by atoms with Gasteiger partial charge in [0.25, 0.3) is 0 Å². The van der Waals surface area contributed by atoms with Crippen LogP contribution in [0.5, 0.6) is 5.75 Å². The number of nitrogens with one attached hydrogen (secondary N) is 1. The zero-order valence-electron chi connectivity index (χ0n) is 15.0. The highest BCUT2D eigenvalue weighted by Gasteiger charge is 2.13. The first-order valence-electron chi connectivity index (χ1n) is 8.50. The van der Waals surface area contributed by atoms with E-state index in [1.807, 2.05) is 54.6 Å². The standard InChI is InChI=1S/C20H21N3O4/c1-26-17-9-5-8-16(12-17)18-13-19(23(22-18)10-11-24)21-20(25)27-14-15-6-3-2-4-7-15/h2-9,12-13,24H,10-11,14H2,1H3,(H,21,25). The number of methoxy groups -OCH3 is 1. The van der Waals surface area contributed by atoms with Crippen LogP contribution in [0.15, 0.2) is 60.7 Å². The summed E-state index contributed by atoms with van der Waals surface area (Å²) in [7, 11) is 1.60. The Kier molecular flexibility index (Phi) is 6.06. The number of amides is 1. The monoisotopic (exact) mass is 367 g/mol. The van der Waals surface area contributed by atoms with Gasteiger partial charge in [0, 0.05) is 11.6 Å². The predicted octanol–water partition coefficient (Wildman–Crippen LogP) is 3.30. The first-order chi connectivity index (χ1) is 13.2. The summed E-state index contributed by atoms with van der Waals surface area (Å²) in [6, 6.07) is 18.6. The number of benzene rings is 2. The fourth-order valence-electron chi connectivity index (χ4n) is 2.57. The van der Waals surface area contributed by atoms with Crippen molar-refractivity contribution in [3.05, 3.63) is 66.2 Å². The van der Waals surface area contributed by atoms with Crippen LogP contribution in [-0.4, -0.2) is 34.7 Å². The molecule has 7 nitrogen and oxygen atoms in total.